The van der Waals surface area contributed by atoms with Crippen molar-refractivity contribution in [1.82, 2.24) is 4.98 Å². The lowest BCUT2D eigenvalue weighted by Gasteiger charge is -2.12. The summed E-state index contributed by atoms with van der Waals surface area (Å²) >= 11 is 2.99. The minimum Gasteiger partial charge on any atom is -0.389 e. The monoisotopic (exact) mass is 344 g/mol. The van der Waals surface area contributed by atoms with E-state index in [1.165, 1.54) is 11.3 Å². The molecule has 118 valence electrons. The number of thiazole rings is 1. The highest BCUT2D eigenvalue weighted by atomic mass is 32.1. The standard InChI is InChI=1S/C17H16N2O2S2/c1-10-15(23-17(18-10)14-8-5-9-22-14)16(21)19-13-7-4-3-6-12(13)11(2)20/h3-9,11,20H,1-2H3,(H,19,21). The summed E-state index contributed by atoms with van der Waals surface area (Å²) in [6.07, 6.45) is -0.643. The van der Waals surface area contributed by atoms with Crippen LogP contribution in [0.2, 0.25) is 0 Å². The summed E-state index contributed by atoms with van der Waals surface area (Å²) in [5, 5.41) is 15.5. The number of carbonyl (C=O) groups excluding carboxylic acids is 1. The van der Waals surface area contributed by atoms with Crippen LogP contribution < -0.4 is 5.32 Å². The number of benzene rings is 1. The van der Waals surface area contributed by atoms with Gasteiger partial charge in [0.05, 0.1) is 16.7 Å². The molecular weight excluding hydrogens is 328 g/mol. The number of hydrogen-bond acceptors (Lipinski definition) is 5. The lowest BCUT2D eigenvalue weighted by molar-refractivity contribution is 0.102. The Bertz CT molecular complexity index is 823. The minimum absolute atomic E-state index is 0.198. The van der Waals surface area contributed by atoms with Crippen LogP contribution in [0.3, 0.4) is 0 Å². The SMILES string of the molecule is Cc1nc(-c2cccs2)sc1C(=O)Nc1ccccc1C(C)O. The molecule has 0 saturated heterocycles. The molecular formula is C17H16N2O2S2. The van der Waals surface area contributed by atoms with Crippen molar-refractivity contribution in [3.05, 3.63) is 57.9 Å². The molecule has 2 N–H and O–H groups in total. The third kappa shape index (κ3) is 3.34. The first-order chi connectivity index (χ1) is 11.1. The van der Waals surface area contributed by atoms with E-state index in [1.807, 2.05) is 36.6 Å². The lowest BCUT2D eigenvalue weighted by atomic mass is 10.1. The average molecular weight is 344 g/mol. The highest BCUT2D eigenvalue weighted by molar-refractivity contribution is 7.22. The van der Waals surface area contributed by atoms with Crippen molar-refractivity contribution in [2.75, 3.05) is 5.32 Å². The number of nitrogens with one attached hydrogen (secondary N) is 1. The van der Waals surface area contributed by atoms with E-state index >= 15 is 0 Å². The number of thiophene rings is 1. The zero-order valence-corrected chi connectivity index (χ0v) is 14.4. The van der Waals surface area contributed by atoms with Crippen LogP contribution in [0.5, 0.6) is 0 Å². The Balaban J connectivity index is 1.87. The van der Waals surface area contributed by atoms with Crippen LogP contribution in [0, 0.1) is 6.92 Å². The maximum atomic E-state index is 12.6. The molecule has 1 atom stereocenters. The summed E-state index contributed by atoms with van der Waals surface area (Å²) in [6.45, 7) is 3.51. The van der Waals surface area contributed by atoms with Crippen LogP contribution in [-0.2, 0) is 0 Å². The Morgan fingerprint density at radius 2 is 2.04 bits per heavy atom. The fourth-order valence-corrected chi connectivity index (χ4v) is 4.03. The molecule has 1 unspecified atom stereocenters. The van der Waals surface area contributed by atoms with Crippen LogP contribution in [0.15, 0.2) is 41.8 Å². The first-order valence-corrected chi connectivity index (χ1v) is 8.85. The van der Waals surface area contributed by atoms with E-state index in [2.05, 4.69) is 10.3 Å². The fourth-order valence-electron chi connectivity index (χ4n) is 2.27. The van der Waals surface area contributed by atoms with Gasteiger partial charge in [0, 0.05) is 11.3 Å². The van der Waals surface area contributed by atoms with E-state index in [0.29, 0.717) is 21.8 Å². The van der Waals surface area contributed by atoms with Crippen molar-refractivity contribution in [1.29, 1.82) is 0 Å². The zero-order chi connectivity index (χ0) is 16.4. The van der Waals surface area contributed by atoms with Crippen molar-refractivity contribution < 1.29 is 9.90 Å². The van der Waals surface area contributed by atoms with Gasteiger partial charge in [-0.2, -0.15) is 0 Å². The van der Waals surface area contributed by atoms with Crippen molar-refractivity contribution in [2.24, 2.45) is 0 Å². The molecule has 1 aromatic carbocycles. The van der Waals surface area contributed by atoms with Gasteiger partial charge in [-0.3, -0.25) is 4.79 Å². The molecule has 0 aliphatic heterocycles. The van der Waals surface area contributed by atoms with Gasteiger partial charge in [0.25, 0.3) is 5.91 Å². The van der Waals surface area contributed by atoms with Crippen LogP contribution in [-0.4, -0.2) is 16.0 Å². The molecule has 0 fully saturated rings. The van der Waals surface area contributed by atoms with Crippen molar-refractivity contribution in [3.63, 3.8) is 0 Å². The van der Waals surface area contributed by atoms with Gasteiger partial charge in [0.15, 0.2) is 0 Å². The van der Waals surface area contributed by atoms with E-state index in [4.69, 9.17) is 0 Å². The molecule has 4 nitrogen and oxygen atoms in total. The topological polar surface area (TPSA) is 62.2 Å². The summed E-state index contributed by atoms with van der Waals surface area (Å²) < 4.78 is 0. The molecule has 23 heavy (non-hydrogen) atoms. The molecule has 2 heterocycles. The van der Waals surface area contributed by atoms with Crippen molar-refractivity contribution in [3.8, 4) is 9.88 Å². The molecule has 0 aliphatic carbocycles. The summed E-state index contributed by atoms with van der Waals surface area (Å²) in [5.74, 6) is -0.198. The Kier molecular flexibility index (Phi) is 4.56. The zero-order valence-electron chi connectivity index (χ0n) is 12.7. The smallest absolute Gasteiger partial charge is 0.267 e. The fraction of sp³-hybridized carbons (Fsp3) is 0.176. The van der Waals surface area contributed by atoms with E-state index in [-0.39, 0.29) is 5.91 Å². The Morgan fingerprint density at radius 3 is 2.74 bits per heavy atom. The predicted octanol–water partition coefficient (Wildman–Crippen LogP) is 4.49. The van der Waals surface area contributed by atoms with Crippen molar-refractivity contribution in [2.45, 2.75) is 20.0 Å². The number of amides is 1. The molecule has 3 rings (SSSR count). The lowest BCUT2D eigenvalue weighted by Crippen LogP contribution is -2.13. The molecule has 6 heteroatoms. The second-order valence-electron chi connectivity index (χ2n) is 5.13. The van der Waals surface area contributed by atoms with Gasteiger partial charge in [-0.15, -0.1) is 22.7 Å². The third-order valence-electron chi connectivity index (χ3n) is 3.39. The highest BCUT2D eigenvalue weighted by Gasteiger charge is 2.18. The number of aryl methyl sites for hydroxylation is 1. The number of nitrogens with zero attached hydrogens (tertiary/aromatic N) is 1. The van der Waals surface area contributed by atoms with Gasteiger partial charge in [-0.25, -0.2) is 4.98 Å². The summed E-state index contributed by atoms with van der Waals surface area (Å²) in [6, 6.07) is 11.2. The quantitative estimate of drug-likeness (QED) is 0.733. The number of aromatic nitrogens is 1. The average Bonchev–Trinajstić information content (AvgIpc) is 3.16. The first kappa shape index (κ1) is 15.9. The Labute approximate surface area is 142 Å². The minimum atomic E-state index is -0.643. The van der Waals surface area contributed by atoms with Gasteiger partial charge in [0.1, 0.15) is 9.88 Å². The van der Waals surface area contributed by atoms with Crippen molar-refractivity contribution >= 4 is 34.3 Å². The maximum Gasteiger partial charge on any atom is 0.267 e. The Morgan fingerprint density at radius 1 is 1.26 bits per heavy atom. The first-order valence-electron chi connectivity index (χ1n) is 7.16. The van der Waals surface area contributed by atoms with Crippen LogP contribution in [0.4, 0.5) is 5.69 Å². The maximum absolute atomic E-state index is 12.6. The molecule has 0 bridgehead atoms. The molecule has 0 spiro atoms. The van der Waals surface area contributed by atoms with Gasteiger partial charge in [-0.05, 0) is 31.4 Å². The van der Waals surface area contributed by atoms with E-state index in [1.54, 1.807) is 30.4 Å². The molecule has 2 aromatic heterocycles. The molecule has 1 amide bonds. The van der Waals surface area contributed by atoms with Gasteiger partial charge in [0.2, 0.25) is 0 Å². The number of carbonyl (C=O) groups is 1. The second kappa shape index (κ2) is 6.62. The summed E-state index contributed by atoms with van der Waals surface area (Å²) in [5.41, 5.74) is 2.03. The Hall–Kier alpha value is -2.02. The molecule has 3 aromatic rings. The van der Waals surface area contributed by atoms with E-state index in [9.17, 15) is 9.90 Å². The van der Waals surface area contributed by atoms with Crippen LogP contribution in [0.1, 0.15) is 34.0 Å². The third-order valence-corrected chi connectivity index (χ3v) is 5.59. The van der Waals surface area contributed by atoms with Crippen LogP contribution in [0.25, 0.3) is 9.88 Å². The second-order valence-corrected chi connectivity index (χ2v) is 7.07. The van der Waals surface area contributed by atoms with Crippen LogP contribution >= 0.6 is 22.7 Å². The number of para-hydroxylation sites is 1. The normalized spacial score (nSPS) is 12.1. The predicted molar refractivity (Wildman–Crippen MR) is 95.2 cm³/mol. The largest absolute Gasteiger partial charge is 0.389 e. The van der Waals surface area contributed by atoms with E-state index in [0.717, 1.165) is 9.88 Å². The van der Waals surface area contributed by atoms with Gasteiger partial charge in [-0.1, -0.05) is 24.3 Å². The van der Waals surface area contributed by atoms with Gasteiger partial charge < -0.3 is 10.4 Å². The molecule has 0 radical (unpaired) electrons. The summed E-state index contributed by atoms with van der Waals surface area (Å²) in [4.78, 5) is 18.7. The molecule has 0 saturated carbocycles. The summed E-state index contributed by atoms with van der Waals surface area (Å²) in [7, 11) is 0. The highest BCUT2D eigenvalue weighted by Crippen LogP contribution is 2.32. The molecule has 0 aliphatic rings. The number of rotatable bonds is 4. The number of hydrogen-bond donors (Lipinski definition) is 2. The number of aliphatic hydroxyl groups is 1. The van der Waals surface area contributed by atoms with Gasteiger partial charge >= 0.3 is 0 Å². The number of anilines is 1. The number of aliphatic hydroxyl groups excluding tert-OH is 1. The van der Waals surface area contributed by atoms with E-state index < -0.39 is 6.10 Å².